The first-order chi connectivity index (χ1) is 8.88. The molecule has 4 heteroatoms. The molecule has 0 saturated carbocycles. The van der Waals surface area contributed by atoms with Crippen molar-refractivity contribution in [2.24, 2.45) is 5.92 Å². The molecule has 1 aliphatic carbocycles. The van der Waals surface area contributed by atoms with Crippen LogP contribution in [0.1, 0.15) is 19.3 Å². The molecule has 2 N–H and O–H groups in total. The zero-order valence-corrected chi connectivity index (χ0v) is 10.5. The Morgan fingerprint density at radius 1 is 1.39 bits per heavy atom. The molecule has 1 unspecified atom stereocenters. The second kappa shape index (κ2) is 7.01. The molecule has 1 aromatic rings. The number of aliphatic hydroxyl groups excluding tert-OH is 1. The van der Waals surface area contributed by atoms with Gasteiger partial charge in [-0.3, -0.25) is 0 Å². The van der Waals surface area contributed by atoms with E-state index in [0.717, 1.165) is 24.6 Å². The summed E-state index contributed by atoms with van der Waals surface area (Å²) in [5.41, 5.74) is 1.01. The van der Waals surface area contributed by atoms with Crippen molar-refractivity contribution in [2.45, 2.75) is 19.3 Å². The molecule has 0 spiro atoms. The van der Waals surface area contributed by atoms with E-state index < -0.39 is 0 Å². The molecule has 0 fully saturated rings. The molecule has 0 bridgehead atoms. The van der Waals surface area contributed by atoms with Gasteiger partial charge in [0.05, 0.1) is 18.5 Å². The fourth-order valence-corrected chi connectivity index (χ4v) is 2.02. The van der Waals surface area contributed by atoms with Crippen molar-refractivity contribution in [2.75, 3.05) is 25.1 Å². The molecule has 98 valence electrons. The van der Waals surface area contributed by atoms with Crippen LogP contribution in [0.15, 0.2) is 30.5 Å². The summed E-state index contributed by atoms with van der Waals surface area (Å²) >= 11 is 0. The van der Waals surface area contributed by atoms with Crippen LogP contribution in [0.25, 0.3) is 0 Å². The maximum atomic E-state index is 8.64. The van der Waals surface area contributed by atoms with Crippen molar-refractivity contribution >= 4 is 5.69 Å². The van der Waals surface area contributed by atoms with E-state index in [1.807, 2.05) is 12.1 Å². The lowest BCUT2D eigenvalue weighted by Crippen LogP contribution is -2.15. The fraction of sp³-hybridized carbons (Fsp3) is 0.500. The van der Waals surface area contributed by atoms with E-state index in [4.69, 9.17) is 9.84 Å². The van der Waals surface area contributed by atoms with Crippen LogP contribution in [0, 0.1) is 5.92 Å². The summed E-state index contributed by atoms with van der Waals surface area (Å²) in [7, 11) is 0. The highest BCUT2D eigenvalue weighted by Crippen LogP contribution is 2.19. The van der Waals surface area contributed by atoms with Crippen molar-refractivity contribution in [3.05, 3.63) is 30.5 Å². The minimum atomic E-state index is 0.0108. The molecule has 2 rings (SSSR count). The number of allylic oxidation sites excluding steroid dienone is 2. The smallest absolute Gasteiger partial charge is 0.213 e. The van der Waals surface area contributed by atoms with Crippen LogP contribution >= 0.6 is 0 Å². The highest BCUT2D eigenvalue weighted by molar-refractivity contribution is 5.42. The van der Waals surface area contributed by atoms with Crippen molar-refractivity contribution in [1.29, 1.82) is 0 Å². The highest BCUT2D eigenvalue weighted by Gasteiger charge is 2.09. The fourth-order valence-electron chi connectivity index (χ4n) is 2.02. The maximum Gasteiger partial charge on any atom is 0.213 e. The third-order valence-electron chi connectivity index (χ3n) is 3.05. The predicted octanol–water partition coefficient (Wildman–Crippen LogP) is 2.22. The van der Waals surface area contributed by atoms with Crippen LogP contribution in [0.2, 0.25) is 0 Å². The van der Waals surface area contributed by atoms with E-state index >= 15 is 0 Å². The van der Waals surface area contributed by atoms with Crippen molar-refractivity contribution in [3.63, 3.8) is 0 Å². The van der Waals surface area contributed by atoms with Gasteiger partial charge in [0.1, 0.15) is 6.61 Å². The lowest BCUT2D eigenvalue weighted by molar-refractivity contribution is 0.196. The Morgan fingerprint density at radius 3 is 3.00 bits per heavy atom. The molecule has 1 aromatic heterocycles. The molecule has 0 aromatic carbocycles. The van der Waals surface area contributed by atoms with E-state index in [-0.39, 0.29) is 13.2 Å². The van der Waals surface area contributed by atoms with Crippen LogP contribution in [0.3, 0.4) is 0 Å². The van der Waals surface area contributed by atoms with Crippen molar-refractivity contribution in [1.82, 2.24) is 4.98 Å². The van der Waals surface area contributed by atoms with Gasteiger partial charge in [-0.15, -0.1) is 0 Å². The molecular formula is C14H20N2O2. The monoisotopic (exact) mass is 248 g/mol. The van der Waals surface area contributed by atoms with Crippen LogP contribution < -0.4 is 10.1 Å². The minimum absolute atomic E-state index is 0.0108. The number of nitrogens with one attached hydrogen (secondary N) is 1. The molecule has 0 amide bonds. The summed E-state index contributed by atoms with van der Waals surface area (Å²) in [5, 5.41) is 12.0. The number of ether oxygens (including phenoxy) is 1. The molecular weight excluding hydrogens is 228 g/mol. The largest absolute Gasteiger partial charge is 0.475 e. The maximum absolute atomic E-state index is 8.64. The topological polar surface area (TPSA) is 54.4 Å². The number of hydrogen-bond acceptors (Lipinski definition) is 4. The zero-order chi connectivity index (χ0) is 12.6. The van der Waals surface area contributed by atoms with Gasteiger partial charge in [-0.1, -0.05) is 12.2 Å². The van der Waals surface area contributed by atoms with E-state index in [1.165, 1.54) is 12.8 Å². The third kappa shape index (κ3) is 4.04. The molecule has 18 heavy (non-hydrogen) atoms. The molecule has 0 radical (unpaired) electrons. The average molecular weight is 248 g/mol. The molecule has 1 heterocycles. The summed E-state index contributed by atoms with van der Waals surface area (Å²) in [5.74, 6) is 1.27. The summed E-state index contributed by atoms with van der Waals surface area (Å²) < 4.78 is 5.21. The first kappa shape index (κ1) is 12.9. The lowest BCUT2D eigenvalue weighted by Gasteiger charge is -2.18. The Bertz CT molecular complexity index is 376. The van der Waals surface area contributed by atoms with E-state index in [2.05, 4.69) is 22.5 Å². The van der Waals surface area contributed by atoms with Crippen LogP contribution in [0.4, 0.5) is 5.69 Å². The summed E-state index contributed by atoms with van der Waals surface area (Å²) in [6.45, 7) is 1.29. The molecule has 1 aliphatic rings. The van der Waals surface area contributed by atoms with Crippen molar-refractivity contribution in [3.8, 4) is 5.88 Å². The number of rotatable bonds is 6. The number of aromatic nitrogens is 1. The van der Waals surface area contributed by atoms with Crippen LogP contribution in [0.5, 0.6) is 5.88 Å². The SMILES string of the molecule is OCCOc1ccc(NCC2CC=CCC2)cn1. The van der Waals surface area contributed by atoms with Crippen molar-refractivity contribution < 1.29 is 9.84 Å². The Kier molecular flexibility index (Phi) is 5.02. The number of hydrogen-bond donors (Lipinski definition) is 2. The molecule has 4 nitrogen and oxygen atoms in total. The Balaban J connectivity index is 1.77. The zero-order valence-electron chi connectivity index (χ0n) is 10.5. The van der Waals surface area contributed by atoms with Crippen LogP contribution in [-0.4, -0.2) is 29.8 Å². The summed E-state index contributed by atoms with van der Waals surface area (Å²) in [6.07, 6.45) is 9.90. The van der Waals surface area contributed by atoms with Crippen LogP contribution in [-0.2, 0) is 0 Å². The van der Waals surface area contributed by atoms with Gasteiger partial charge >= 0.3 is 0 Å². The quantitative estimate of drug-likeness (QED) is 0.758. The molecule has 1 atom stereocenters. The second-order valence-electron chi connectivity index (χ2n) is 4.49. The second-order valence-corrected chi connectivity index (χ2v) is 4.49. The van der Waals surface area contributed by atoms with Gasteiger partial charge in [0.2, 0.25) is 5.88 Å². The first-order valence-corrected chi connectivity index (χ1v) is 6.47. The number of aliphatic hydroxyl groups is 1. The van der Waals surface area contributed by atoms with Gasteiger partial charge in [-0.25, -0.2) is 4.98 Å². The highest BCUT2D eigenvalue weighted by atomic mass is 16.5. The first-order valence-electron chi connectivity index (χ1n) is 6.47. The van der Waals surface area contributed by atoms with Gasteiger partial charge in [0.25, 0.3) is 0 Å². The Morgan fingerprint density at radius 2 is 2.33 bits per heavy atom. The number of pyridine rings is 1. The lowest BCUT2D eigenvalue weighted by atomic mass is 9.94. The molecule has 0 saturated heterocycles. The van der Waals surface area contributed by atoms with E-state index in [1.54, 1.807) is 6.20 Å². The number of nitrogens with zero attached hydrogens (tertiary/aromatic N) is 1. The van der Waals surface area contributed by atoms with E-state index in [9.17, 15) is 0 Å². The minimum Gasteiger partial charge on any atom is -0.475 e. The third-order valence-corrected chi connectivity index (χ3v) is 3.05. The Hall–Kier alpha value is -1.55. The standard InChI is InChI=1S/C14H20N2O2/c17-8-9-18-14-7-6-13(11-16-14)15-10-12-4-2-1-3-5-12/h1-2,6-7,11-12,15,17H,3-5,8-10H2. The Labute approximate surface area is 108 Å². The van der Waals surface area contributed by atoms with Gasteiger partial charge < -0.3 is 15.2 Å². The normalized spacial score (nSPS) is 18.6. The van der Waals surface area contributed by atoms with Gasteiger partial charge in [0.15, 0.2) is 0 Å². The van der Waals surface area contributed by atoms with Gasteiger partial charge in [-0.05, 0) is 31.2 Å². The van der Waals surface area contributed by atoms with E-state index in [0.29, 0.717) is 5.88 Å². The average Bonchev–Trinajstić information content (AvgIpc) is 2.45. The summed E-state index contributed by atoms with van der Waals surface area (Å²) in [6, 6.07) is 3.77. The summed E-state index contributed by atoms with van der Waals surface area (Å²) in [4.78, 5) is 4.17. The predicted molar refractivity (Wildman–Crippen MR) is 71.8 cm³/mol. The molecule has 0 aliphatic heterocycles. The number of anilines is 1. The van der Waals surface area contributed by atoms with Gasteiger partial charge in [0, 0.05) is 12.6 Å². The van der Waals surface area contributed by atoms with Gasteiger partial charge in [-0.2, -0.15) is 0 Å².